The van der Waals surface area contributed by atoms with Gasteiger partial charge in [-0.15, -0.1) is 0 Å². The Labute approximate surface area is 150 Å². The molecule has 1 saturated heterocycles. The van der Waals surface area contributed by atoms with E-state index in [1.165, 1.54) is 6.07 Å². The van der Waals surface area contributed by atoms with E-state index in [4.69, 9.17) is 27.9 Å². The van der Waals surface area contributed by atoms with Crippen LogP contribution in [0.5, 0.6) is 5.75 Å². The highest BCUT2D eigenvalue weighted by molar-refractivity contribution is 6.42. The summed E-state index contributed by atoms with van der Waals surface area (Å²) in [7, 11) is 0. The standard InChI is InChI=1S/C18H17Cl2NO3/c1-11-2-3-13(9-16(11)22)18(23)21-6-7-24-17(10-21)12-4-5-14(19)15(20)8-12/h2-5,8-9,17,22H,6-7,10H2,1H3/t17-/m0/s1. The van der Waals surface area contributed by atoms with E-state index in [0.29, 0.717) is 35.3 Å². The summed E-state index contributed by atoms with van der Waals surface area (Å²) in [6, 6.07) is 10.3. The van der Waals surface area contributed by atoms with Crippen molar-refractivity contribution in [3.8, 4) is 5.75 Å². The summed E-state index contributed by atoms with van der Waals surface area (Å²) >= 11 is 12.0. The maximum atomic E-state index is 12.7. The van der Waals surface area contributed by atoms with Crippen LogP contribution in [0.2, 0.25) is 10.0 Å². The van der Waals surface area contributed by atoms with Crippen LogP contribution in [0.4, 0.5) is 0 Å². The monoisotopic (exact) mass is 365 g/mol. The molecule has 0 aliphatic carbocycles. The number of amides is 1. The molecule has 3 rings (SSSR count). The highest BCUT2D eigenvalue weighted by atomic mass is 35.5. The van der Waals surface area contributed by atoms with Gasteiger partial charge in [0.2, 0.25) is 0 Å². The largest absolute Gasteiger partial charge is 0.508 e. The van der Waals surface area contributed by atoms with Gasteiger partial charge in [-0.1, -0.05) is 35.3 Å². The Morgan fingerprint density at radius 3 is 2.71 bits per heavy atom. The van der Waals surface area contributed by atoms with Crippen molar-refractivity contribution in [2.24, 2.45) is 0 Å². The summed E-state index contributed by atoms with van der Waals surface area (Å²) < 4.78 is 5.77. The number of halogens is 2. The van der Waals surface area contributed by atoms with Gasteiger partial charge >= 0.3 is 0 Å². The summed E-state index contributed by atoms with van der Waals surface area (Å²) in [5, 5.41) is 10.8. The summed E-state index contributed by atoms with van der Waals surface area (Å²) in [6.45, 7) is 3.16. The van der Waals surface area contributed by atoms with Gasteiger partial charge in [-0.2, -0.15) is 0 Å². The molecule has 1 heterocycles. The molecule has 1 N–H and O–H groups in total. The van der Waals surface area contributed by atoms with Crippen molar-refractivity contribution < 1.29 is 14.6 Å². The molecule has 0 aromatic heterocycles. The van der Waals surface area contributed by atoms with E-state index in [2.05, 4.69) is 0 Å². The maximum absolute atomic E-state index is 12.7. The van der Waals surface area contributed by atoms with Crippen LogP contribution in [0, 0.1) is 6.92 Å². The minimum absolute atomic E-state index is 0.121. The molecule has 1 aliphatic heterocycles. The van der Waals surface area contributed by atoms with E-state index >= 15 is 0 Å². The van der Waals surface area contributed by atoms with Crippen molar-refractivity contribution in [1.29, 1.82) is 0 Å². The SMILES string of the molecule is Cc1ccc(C(=O)N2CCO[C@H](c3ccc(Cl)c(Cl)c3)C2)cc1O. The molecule has 24 heavy (non-hydrogen) atoms. The van der Waals surface area contributed by atoms with E-state index in [1.807, 2.05) is 6.07 Å². The average Bonchev–Trinajstić information content (AvgIpc) is 2.59. The molecule has 1 fully saturated rings. The fourth-order valence-electron chi connectivity index (χ4n) is 2.67. The van der Waals surface area contributed by atoms with Crippen molar-refractivity contribution in [2.45, 2.75) is 13.0 Å². The second-order valence-corrected chi connectivity index (χ2v) is 6.60. The lowest BCUT2D eigenvalue weighted by atomic mass is 10.1. The van der Waals surface area contributed by atoms with E-state index in [0.717, 1.165) is 11.1 Å². The zero-order valence-corrected chi connectivity index (χ0v) is 14.6. The molecule has 2 aromatic carbocycles. The number of carbonyl (C=O) groups excluding carboxylic acids is 1. The van der Waals surface area contributed by atoms with Gasteiger partial charge in [0, 0.05) is 12.1 Å². The molecule has 0 saturated carbocycles. The number of benzene rings is 2. The van der Waals surface area contributed by atoms with E-state index < -0.39 is 0 Å². The topological polar surface area (TPSA) is 49.8 Å². The number of carbonyl (C=O) groups is 1. The van der Waals surface area contributed by atoms with Gasteiger partial charge in [0.15, 0.2) is 0 Å². The maximum Gasteiger partial charge on any atom is 0.254 e. The molecule has 0 unspecified atom stereocenters. The third kappa shape index (κ3) is 3.51. The Hall–Kier alpha value is -1.75. The zero-order chi connectivity index (χ0) is 17.3. The Kier molecular flexibility index (Phi) is 4.99. The Bertz CT molecular complexity index is 779. The number of aryl methyl sites for hydroxylation is 1. The molecule has 1 amide bonds. The van der Waals surface area contributed by atoms with Crippen LogP contribution in [-0.2, 0) is 4.74 Å². The zero-order valence-electron chi connectivity index (χ0n) is 13.1. The molecule has 0 bridgehead atoms. The predicted octanol–water partition coefficient (Wildman–Crippen LogP) is 4.22. The van der Waals surface area contributed by atoms with Gasteiger partial charge in [0.05, 0.1) is 23.2 Å². The molecular formula is C18H17Cl2NO3. The van der Waals surface area contributed by atoms with Crippen LogP contribution in [0.25, 0.3) is 0 Å². The van der Waals surface area contributed by atoms with Crippen LogP contribution in [0.1, 0.15) is 27.6 Å². The third-order valence-corrected chi connectivity index (χ3v) is 4.86. The molecule has 0 radical (unpaired) electrons. The molecule has 0 spiro atoms. The fraction of sp³-hybridized carbons (Fsp3) is 0.278. The van der Waals surface area contributed by atoms with Gasteiger partial charge < -0.3 is 14.7 Å². The van der Waals surface area contributed by atoms with Crippen molar-refractivity contribution in [1.82, 2.24) is 4.90 Å². The normalized spacial score (nSPS) is 17.8. The second-order valence-electron chi connectivity index (χ2n) is 5.79. The third-order valence-electron chi connectivity index (χ3n) is 4.13. The van der Waals surface area contributed by atoms with Crippen molar-refractivity contribution in [3.05, 3.63) is 63.1 Å². The first kappa shape index (κ1) is 17.1. The van der Waals surface area contributed by atoms with E-state index in [1.54, 1.807) is 36.1 Å². The number of nitrogens with zero attached hydrogens (tertiary/aromatic N) is 1. The quantitative estimate of drug-likeness (QED) is 0.866. The van der Waals surface area contributed by atoms with Crippen LogP contribution in [0.15, 0.2) is 36.4 Å². The van der Waals surface area contributed by atoms with Crippen LogP contribution in [-0.4, -0.2) is 35.6 Å². The fourth-order valence-corrected chi connectivity index (χ4v) is 2.98. The van der Waals surface area contributed by atoms with Crippen molar-refractivity contribution in [3.63, 3.8) is 0 Å². The minimum atomic E-state index is -0.253. The van der Waals surface area contributed by atoms with Gasteiger partial charge in [-0.3, -0.25) is 4.79 Å². The molecule has 4 nitrogen and oxygen atoms in total. The minimum Gasteiger partial charge on any atom is -0.508 e. The highest BCUT2D eigenvalue weighted by Crippen LogP contribution is 2.29. The molecule has 126 valence electrons. The van der Waals surface area contributed by atoms with Gasteiger partial charge in [-0.05, 0) is 42.3 Å². The van der Waals surface area contributed by atoms with Gasteiger partial charge in [-0.25, -0.2) is 0 Å². The van der Waals surface area contributed by atoms with Gasteiger partial charge in [0.1, 0.15) is 11.9 Å². The first-order valence-corrected chi connectivity index (χ1v) is 8.37. The number of hydrogen-bond acceptors (Lipinski definition) is 3. The lowest BCUT2D eigenvalue weighted by molar-refractivity contribution is -0.0228. The number of phenols is 1. The first-order valence-electron chi connectivity index (χ1n) is 7.61. The first-order chi connectivity index (χ1) is 11.5. The Morgan fingerprint density at radius 1 is 1.21 bits per heavy atom. The van der Waals surface area contributed by atoms with Crippen LogP contribution in [0.3, 0.4) is 0 Å². The molecular weight excluding hydrogens is 349 g/mol. The lowest BCUT2D eigenvalue weighted by Gasteiger charge is -2.33. The molecule has 1 aliphatic rings. The smallest absolute Gasteiger partial charge is 0.254 e. The van der Waals surface area contributed by atoms with Crippen molar-refractivity contribution in [2.75, 3.05) is 19.7 Å². The number of ether oxygens (including phenoxy) is 1. The van der Waals surface area contributed by atoms with Crippen molar-refractivity contribution >= 4 is 29.1 Å². The summed E-state index contributed by atoms with van der Waals surface area (Å²) in [5.41, 5.74) is 2.09. The summed E-state index contributed by atoms with van der Waals surface area (Å²) in [6.07, 6.45) is -0.253. The number of rotatable bonds is 2. The Balaban J connectivity index is 1.78. The lowest BCUT2D eigenvalue weighted by Crippen LogP contribution is -2.42. The highest BCUT2D eigenvalue weighted by Gasteiger charge is 2.26. The molecule has 1 atom stereocenters. The number of morpholine rings is 1. The summed E-state index contributed by atoms with van der Waals surface area (Å²) in [5.74, 6) is -0.00574. The molecule has 2 aromatic rings. The average molecular weight is 366 g/mol. The summed E-state index contributed by atoms with van der Waals surface area (Å²) in [4.78, 5) is 14.4. The second kappa shape index (κ2) is 7.01. The van der Waals surface area contributed by atoms with Crippen LogP contribution < -0.4 is 0 Å². The van der Waals surface area contributed by atoms with E-state index in [9.17, 15) is 9.90 Å². The number of phenolic OH excluding ortho intramolecular Hbond substituents is 1. The Morgan fingerprint density at radius 2 is 2.00 bits per heavy atom. The van der Waals surface area contributed by atoms with Crippen LogP contribution >= 0.6 is 23.2 Å². The molecule has 6 heteroatoms. The number of hydrogen-bond donors (Lipinski definition) is 1. The van der Waals surface area contributed by atoms with Gasteiger partial charge in [0.25, 0.3) is 5.91 Å². The van der Waals surface area contributed by atoms with E-state index in [-0.39, 0.29) is 17.8 Å². The predicted molar refractivity (Wildman–Crippen MR) is 93.9 cm³/mol. The number of aromatic hydroxyl groups is 1.